The number of ether oxygens (including phenoxy) is 3. The van der Waals surface area contributed by atoms with Crippen molar-refractivity contribution in [3.8, 4) is 40.8 Å². The fourth-order valence-electron chi connectivity index (χ4n) is 7.26. The third kappa shape index (κ3) is 10.9. The maximum absolute atomic E-state index is 15.8. The van der Waals surface area contributed by atoms with Crippen LogP contribution in [0.5, 0.6) is 11.5 Å². The van der Waals surface area contributed by atoms with Crippen LogP contribution >= 0.6 is 11.3 Å². The molecule has 0 amide bonds. The maximum Gasteiger partial charge on any atom is 0.437 e. The Morgan fingerprint density at radius 1 is 0.706 bits per heavy atom. The number of hydrogen-bond donors (Lipinski definition) is 0. The normalized spacial score (nSPS) is 16.7. The van der Waals surface area contributed by atoms with E-state index in [1.54, 1.807) is 12.1 Å². The molecule has 1 unspecified atom stereocenters. The van der Waals surface area contributed by atoms with Crippen molar-refractivity contribution in [3.05, 3.63) is 128 Å². The van der Waals surface area contributed by atoms with Gasteiger partial charge in [-0.1, -0.05) is 120 Å². The number of alkyl halides is 3. The Morgan fingerprint density at radius 3 is 1.68 bits per heavy atom. The fraction of sp³-hybridized carbons (Fsp3) is 0.377. The summed E-state index contributed by atoms with van der Waals surface area (Å²) >= 11 is 1.24. The number of thiophene rings is 1. The Balaban J connectivity index is 1.32. The van der Waals surface area contributed by atoms with E-state index in [-0.39, 0.29) is 28.9 Å². The van der Waals surface area contributed by atoms with E-state index >= 15 is 13.2 Å². The van der Waals surface area contributed by atoms with Crippen molar-refractivity contribution < 1.29 is 36.2 Å². The van der Waals surface area contributed by atoms with Crippen LogP contribution in [-0.4, -0.2) is 62.3 Å². The summed E-state index contributed by atoms with van der Waals surface area (Å²) in [4.78, 5) is 3.41. The van der Waals surface area contributed by atoms with E-state index in [4.69, 9.17) is 23.1 Å². The van der Waals surface area contributed by atoms with Crippen molar-refractivity contribution in [2.45, 2.75) is 89.6 Å². The molecule has 1 atom stereocenters. The molecule has 0 bridgehead atoms. The van der Waals surface area contributed by atoms with Crippen LogP contribution in [0.25, 0.3) is 29.4 Å². The van der Waals surface area contributed by atoms with Crippen LogP contribution in [0.1, 0.15) is 62.4 Å². The zero-order valence-electron chi connectivity index (χ0n) is 40.4. The predicted molar refractivity (Wildman–Crippen MR) is 270 cm³/mol. The first-order valence-corrected chi connectivity index (χ1v) is 29.1. The lowest BCUT2D eigenvalue weighted by Gasteiger charge is -2.38. The molecule has 0 saturated heterocycles. The summed E-state index contributed by atoms with van der Waals surface area (Å²) in [5, 5.41) is 30.1. The van der Waals surface area contributed by atoms with Gasteiger partial charge in [-0.05, 0) is 77.2 Å². The number of nitrogens with zero attached hydrogens (tertiary/aromatic N) is 4. The first-order valence-electron chi connectivity index (χ1n) is 22.5. The molecule has 68 heavy (non-hydrogen) atoms. The van der Waals surface area contributed by atoms with Crippen LogP contribution in [0.3, 0.4) is 0 Å². The van der Waals surface area contributed by atoms with Crippen molar-refractivity contribution in [1.82, 2.24) is 0 Å². The third-order valence-corrected chi connectivity index (χ3v) is 23.4. The molecule has 2 aliphatic rings. The summed E-state index contributed by atoms with van der Waals surface area (Å²) in [6.45, 7) is 25.5. The quantitative estimate of drug-likeness (QED) is 0.0847. The highest BCUT2D eigenvalue weighted by molar-refractivity contribution is 7.14. The Kier molecular flexibility index (Phi) is 15.4. The molecule has 356 valence electrons. The van der Waals surface area contributed by atoms with Gasteiger partial charge in [0, 0.05) is 29.9 Å². The zero-order valence-corrected chi connectivity index (χ0v) is 43.2. The molecule has 15 heteroatoms. The third-order valence-electron chi connectivity index (χ3n) is 13.3. The van der Waals surface area contributed by atoms with E-state index in [1.165, 1.54) is 41.7 Å². The van der Waals surface area contributed by atoms with Gasteiger partial charge in [-0.25, -0.2) is 0 Å². The molecule has 0 fully saturated rings. The topological polar surface area (TPSA) is 121 Å². The summed E-state index contributed by atoms with van der Waals surface area (Å²) in [6.07, 6.45) is 1.24. The molecule has 2 aliphatic heterocycles. The van der Waals surface area contributed by atoms with Crippen molar-refractivity contribution in [2.75, 3.05) is 44.4 Å². The molecule has 3 heterocycles. The number of anilines is 1. The first-order chi connectivity index (χ1) is 32.0. The molecule has 1 aromatic heterocycles. The summed E-state index contributed by atoms with van der Waals surface area (Å²) in [5.41, 5.74) is -2.12. The van der Waals surface area contributed by atoms with Crippen LogP contribution in [0.4, 0.5) is 18.9 Å². The molecule has 6 rings (SSSR count). The van der Waals surface area contributed by atoms with Gasteiger partial charge in [0.2, 0.25) is 0 Å². The largest absolute Gasteiger partial charge is 0.485 e. The Hall–Kier alpha value is -5.87. The summed E-state index contributed by atoms with van der Waals surface area (Å²) in [7, 11) is -3.92. The van der Waals surface area contributed by atoms with Crippen LogP contribution in [0, 0.1) is 34.0 Å². The zero-order chi connectivity index (χ0) is 49.7. The molecule has 3 aromatic carbocycles. The average molecular weight is 977 g/mol. The molecular weight excluding hydrogens is 918 g/mol. The minimum Gasteiger partial charge on any atom is -0.485 e. The van der Waals surface area contributed by atoms with Gasteiger partial charge in [0.15, 0.2) is 39.5 Å². The van der Waals surface area contributed by atoms with Crippen molar-refractivity contribution in [2.24, 2.45) is 0 Å². The number of benzene rings is 3. The number of fused-ring (bicyclic) bond motifs is 1. The van der Waals surface area contributed by atoms with E-state index in [1.807, 2.05) is 60.7 Å². The molecule has 0 spiro atoms. The highest BCUT2D eigenvalue weighted by Crippen LogP contribution is 2.57. The molecule has 9 nitrogen and oxygen atoms in total. The second-order valence-corrected chi connectivity index (χ2v) is 30.4. The van der Waals surface area contributed by atoms with Gasteiger partial charge in [0.25, 0.3) is 5.60 Å². The van der Waals surface area contributed by atoms with Crippen molar-refractivity contribution in [1.29, 1.82) is 15.8 Å². The molecular formula is C53H59F3N4O5SSi2. The average Bonchev–Trinajstić information content (AvgIpc) is 3.83. The van der Waals surface area contributed by atoms with Crippen molar-refractivity contribution >= 4 is 51.9 Å². The highest BCUT2D eigenvalue weighted by Gasteiger charge is 2.65. The van der Waals surface area contributed by atoms with Gasteiger partial charge in [-0.3, -0.25) is 0 Å². The molecule has 0 radical (unpaired) electrons. The minimum atomic E-state index is -5.16. The number of nitriles is 3. The van der Waals surface area contributed by atoms with Gasteiger partial charge >= 0.3 is 6.18 Å². The number of halogens is 3. The summed E-state index contributed by atoms with van der Waals surface area (Å²) in [5.74, 6) is 0.0402. The van der Waals surface area contributed by atoms with Crippen LogP contribution in [0.15, 0.2) is 107 Å². The highest BCUT2D eigenvalue weighted by atomic mass is 32.1. The summed E-state index contributed by atoms with van der Waals surface area (Å²) in [6, 6.07) is 28.0. The van der Waals surface area contributed by atoms with E-state index in [0.717, 1.165) is 22.9 Å². The van der Waals surface area contributed by atoms with Crippen molar-refractivity contribution in [3.63, 3.8) is 0 Å². The fourth-order valence-corrected chi connectivity index (χ4v) is 10.3. The molecule has 0 saturated carbocycles. The lowest BCUT2D eigenvalue weighted by Crippen LogP contribution is -2.44. The summed E-state index contributed by atoms with van der Waals surface area (Å²) < 4.78 is 78.3. The van der Waals surface area contributed by atoms with Gasteiger partial charge in [-0.2, -0.15) is 29.0 Å². The van der Waals surface area contributed by atoms with Gasteiger partial charge in [-0.15, -0.1) is 11.3 Å². The van der Waals surface area contributed by atoms with Gasteiger partial charge in [0.05, 0.1) is 23.0 Å². The van der Waals surface area contributed by atoms with E-state index in [2.05, 4.69) is 84.8 Å². The maximum atomic E-state index is 15.8. The number of allylic oxidation sites excluding steroid dienone is 2. The standard InChI is InChI=1S/C53H59F3N4O5SSi2/c1-50(2,3)67(7,8)63-30-28-60(29-31-64-68(9,10)51(4,5)6)42-23-16-37(17-24-42)18-26-45-48-49(62-33-32-61-48)46(66-45)27-25-44-43(36-59)47(40(34-57)35-58)65-52(44,53(54,55)56)41-21-19-39(20-22-41)38-14-12-11-13-15-38/h11-27H,28-33H2,1-10H3/b26-18+,27-25+. The SMILES string of the molecule is CC(C)(C)[Si](C)(C)OCCN(CCO[Si](C)(C)C(C)(C)C)c1ccc(/C=C/c2sc(/C=C/C3=C(C#N)C(=C(C#N)C#N)OC3(c3ccc(-c4ccccc4)cc3)C(F)(F)F)c3c2OCCO3)cc1. The Labute approximate surface area is 405 Å². The van der Waals surface area contributed by atoms with Crippen LogP contribution in [-0.2, 0) is 19.2 Å². The molecule has 0 aliphatic carbocycles. The second-order valence-electron chi connectivity index (χ2n) is 19.7. The molecule has 0 N–H and O–H groups in total. The number of rotatable bonds is 15. The Morgan fingerprint density at radius 2 is 1.21 bits per heavy atom. The lowest BCUT2D eigenvalue weighted by molar-refractivity contribution is -0.249. The monoisotopic (exact) mass is 976 g/mol. The van der Waals surface area contributed by atoms with Crippen LogP contribution in [0.2, 0.25) is 36.3 Å². The smallest absolute Gasteiger partial charge is 0.437 e. The second kappa shape index (κ2) is 20.4. The first kappa shape index (κ1) is 51.5. The van der Waals surface area contributed by atoms with Gasteiger partial charge < -0.3 is 28.0 Å². The molecule has 4 aromatic rings. The minimum absolute atomic E-state index is 0.0929. The van der Waals surface area contributed by atoms with Crippen LogP contribution < -0.4 is 14.4 Å². The van der Waals surface area contributed by atoms with E-state index in [9.17, 15) is 15.8 Å². The van der Waals surface area contributed by atoms with E-state index < -0.39 is 50.9 Å². The lowest BCUT2D eigenvalue weighted by atomic mass is 9.83. The van der Waals surface area contributed by atoms with E-state index in [0.29, 0.717) is 53.1 Å². The van der Waals surface area contributed by atoms with Gasteiger partial charge in [0.1, 0.15) is 37.0 Å². The number of hydrogen-bond acceptors (Lipinski definition) is 10. The Bertz CT molecular complexity index is 2660. The predicted octanol–water partition coefficient (Wildman–Crippen LogP) is 13.8.